The predicted octanol–water partition coefficient (Wildman–Crippen LogP) is 0.682. The van der Waals surface area contributed by atoms with E-state index in [0.717, 1.165) is 0 Å². The number of ether oxygens (including phenoxy) is 1. The maximum absolute atomic E-state index is 13.0. The van der Waals surface area contributed by atoms with E-state index < -0.39 is 50.5 Å². The highest BCUT2D eigenvalue weighted by atomic mass is 32.2. The molecule has 0 saturated carbocycles. The van der Waals surface area contributed by atoms with Crippen LogP contribution >= 0.6 is 0 Å². The first-order chi connectivity index (χ1) is 8.07. The summed E-state index contributed by atoms with van der Waals surface area (Å²) in [6.07, 6.45) is -2.05. The Hall–Kier alpha value is -1.68. The lowest BCUT2D eigenvalue weighted by Gasteiger charge is -2.12. The van der Waals surface area contributed by atoms with E-state index in [2.05, 4.69) is 4.74 Å². The van der Waals surface area contributed by atoms with Crippen LogP contribution < -0.4 is 4.74 Å². The summed E-state index contributed by atoms with van der Waals surface area (Å²) in [5.41, 5.74) is 0. The van der Waals surface area contributed by atoms with Crippen molar-refractivity contribution in [2.24, 2.45) is 0 Å². The molecule has 0 saturated heterocycles. The van der Waals surface area contributed by atoms with Gasteiger partial charge in [-0.25, -0.2) is 17.2 Å². The van der Waals surface area contributed by atoms with Crippen molar-refractivity contribution >= 4 is 16.6 Å². The van der Waals surface area contributed by atoms with Crippen LogP contribution in [0.4, 0.5) is 17.6 Å². The number of benzene rings is 1. The second kappa shape index (κ2) is 4.30. The highest BCUT2D eigenvalue weighted by Gasteiger charge is 2.29. The third kappa shape index (κ3) is 2.22. The molecule has 5 nitrogen and oxygen atoms in total. The number of rotatable bonds is 2. The third-order valence-corrected chi connectivity index (χ3v) is 2.43. The van der Waals surface area contributed by atoms with Crippen molar-refractivity contribution in [3.63, 3.8) is 0 Å². The Morgan fingerprint density at radius 2 is 1.53 bits per heavy atom. The van der Waals surface area contributed by atoms with Gasteiger partial charge in [-0.1, -0.05) is 0 Å². The lowest BCUT2D eigenvalue weighted by molar-refractivity contribution is -0.121. The fraction of sp³-hybridized carbons (Fsp3) is 0. The summed E-state index contributed by atoms with van der Waals surface area (Å²) in [7, 11) is -5.82. The van der Waals surface area contributed by atoms with E-state index in [1.54, 1.807) is 0 Å². The summed E-state index contributed by atoms with van der Waals surface area (Å²) in [6.45, 7) is 0. The number of carbonyl (C=O) groups excluding carboxylic acids is 1. The summed E-state index contributed by atoms with van der Waals surface area (Å²) in [6, 6.07) is 0. The van der Waals surface area contributed by atoms with Crippen LogP contribution in [0.15, 0.2) is 4.90 Å². The van der Waals surface area contributed by atoms with Crippen LogP contribution in [0.25, 0.3) is 0 Å². The van der Waals surface area contributed by atoms with Crippen molar-refractivity contribution in [1.29, 1.82) is 0 Å². The zero-order valence-corrected chi connectivity index (χ0v) is 8.28. The van der Waals surface area contributed by atoms with Gasteiger partial charge in [0, 0.05) is 0 Å². The molecule has 17 heavy (non-hydrogen) atoms. The second-order valence-corrected chi connectivity index (χ2v) is 3.87. The topological polar surface area (TPSA) is 83.5 Å². The van der Waals surface area contributed by atoms with Crippen molar-refractivity contribution in [1.82, 2.24) is 0 Å². The molecule has 1 aromatic rings. The average molecular weight is 274 g/mol. The van der Waals surface area contributed by atoms with E-state index >= 15 is 0 Å². The van der Waals surface area contributed by atoms with Gasteiger partial charge in [0.2, 0.25) is 17.4 Å². The van der Waals surface area contributed by atoms with Crippen LogP contribution in [0, 0.1) is 23.3 Å². The van der Waals surface area contributed by atoms with Gasteiger partial charge in [-0.2, -0.15) is 8.78 Å². The fourth-order valence-corrected chi connectivity index (χ4v) is 1.56. The molecule has 0 spiro atoms. The van der Waals surface area contributed by atoms with Gasteiger partial charge < -0.3 is 9.29 Å². The van der Waals surface area contributed by atoms with Gasteiger partial charge in [0.15, 0.2) is 13.0 Å². The number of hydrogen-bond donors (Lipinski definition) is 0. The third-order valence-electron chi connectivity index (χ3n) is 1.58. The van der Waals surface area contributed by atoms with E-state index in [1.807, 2.05) is 0 Å². The van der Waals surface area contributed by atoms with Crippen molar-refractivity contribution < 1.29 is 41.4 Å². The van der Waals surface area contributed by atoms with Crippen LogP contribution in [0.2, 0.25) is 0 Å². The minimum atomic E-state index is -5.82. The molecule has 0 aromatic heterocycles. The first-order valence-corrected chi connectivity index (χ1v) is 4.98. The van der Waals surface area contributed by atoms with Crippen molar-refractivity contribution in [3.8, 4) is 5.75 Å². The highest BCUT2D eigenvalue weighted by Crippen LogP contribution is 2.31. The molecule has 0 atom stereocenters. The van der Waals surface area contributed by atoms with Crippen LogP contribution in [0.3, 0.4) is 0 Å². The SMILES string of the molecule is [2H]C(=O)Oc1c(F)c(F)c(S(=O)(=O)[O-])c(F)c1F. The maximum Gasteiger partial charge on any atom is 0.298 e. The smallest absolute Gasteiger partial charge is 0.298 e. The molecule has 0 unspecified atom stereocenters. The molecule has 0 radical (unpaired) electrons. The summed E-state index contributed by atoms with van der Waals surface area (Å²) < 4.78 is 93.1. The first-order valence-electron chi connectivity index (χ1n) is 4.07. The van der Waals surface area contributed by atoms with E-state index in [4.69, 9.17) is 1.37 Å². The Morgan fingerprint density at radius 3 is 1.82 bits per heavy atom. The van der Waals surface area contributed by atoms with Gasteiger partial charge in [-0.15, -0.1) is 0 Å². The lowest BCUT2D eigenvalue weighted by atomic mass is 10.3. The Balaban J connectivity index is 3.72. The zero-order valence-electron chi connectivity index (χ0n) is 8.46. The molecule has 0 fully saturated rings. The largest absolute Gasteiger partial charge is 0.744 e. The van der Waals surface area contributed by atoms with Gasteiger partial charge >= 0.3 is 0 Å². The number of halogens is 4. The number of carbonyl (C=O) groups is 1. The quantitative estimate of drug-likeness (QED) is 0.343. The van der Waals surface area contributed by atoms with E-state index in [1.165, 1.54) is 0 Å². The average Bonchev–Trinajstić information content (AvgIpc) is 2.19. The molecule has 0 aliphatic heterocycles. The predicted molar refractivity (Wildman–Crippen MR) is 40.9 cm³/mol. The minimum Gasteiger partial charge on any atom is -0.744 e. The van der Waals surface area contributed by atoms with Gasteiger partial charge in [0.25, 0.3) is 6.45 Å². The normalized spacial score (nSPS) is 12.2. The molecule has 0 N–H and O–H groups in total. The summed E-state index contributed by atoms with van der Waals surface area (Å²) in [4.78, 5) is 7.74. The molecule has 10 heteroatoms. The summed E-state index contributed by atoms with van der Waals surface area (Å²) >= 11 is 0. The van der Waals surface area contributed by atoms with Gasteiger partial charge in [-0.3, -0.25) is 4.79 Å². The Morgan fingerprint density at radius 1 is 1.12 bits per heavy atom. The van der Waals surface area contributed by atoms with Gasteiger partial charge in [0.1, 0.15) is 15.0 Å². The van der Waals surface area contributed by atoms with E-state index in [0.29, 0.717) is 0 Å². The Bertz CT molecular complexity index is 600. The van der Waals surface area contributed by atoms with Crippen LogP contribution in [-0.4, -0.2) is 19.4 Å². The molecule has 1 rings (SSSR count). The van der Waals surface area contributed by atoms with Crippen molar-refractivity contribution in [3.05, 3.63) is 23.3 Å². The Labute approximate surface area is 92.8 Å². The van der Waals surface area contributed by atoms with Crippen LogP contribution in [0.1, 0.15) is 1.37 Å². The standard InChI is InChI=1S/C7H2F4O5S/c8-2-4(10)7(17(13,14)15)5(11)3(9)6(2)16-1-12/h1H,(H,13,14,15)/p-1/i1D. The Kier molecular flexibility index (Phi) is 2.98. The van der Waals surface area contributed by atoms with Gasteiger partial charge in [0.05, 0.1) is 0 Å². The lowest BCUT2D eigenvalue weighted by Crippen LogP contribution is -2.12. The van der Waals surface area contributed by atoms with Crippen molar-refractivity contribution in [2.45, 2.75) is 4.90 Å². The maximum atomic E-state index is 13.0. The van der Waals surface area contributed by atoms with E-state index in [-0.39, 0.29) is 0 Å². The molecule has 0 aliphatic carbocycles. The van der Waals surface area contributed by atoms with Crippen LogP contribution in [-0.2, 0) is 14.9 Å². The number of hydrogen-bond acceptors (Lipinski definition) is 5. The monoisotopic (exact) mass is 274 g/mol. The molecule has 0 heterocycles. The zero-order chi connectivity index (χ0) is 14.2. The van der Waals surface area contributed by atoms with Crippen LogP contribution in [0.5, 0.6) is 5.75 Å². The highest BCUT2D eigenvalue weighted by molar-refractivity contribution is 7.85. The molecular weight excluding hydrogens is 272 g/mol. The minimum absolute atomic E-state index is 1.95. The molecular formula is C7HF4O5S-. The fourth-order valence-electron chi connectivity index (χ4n) is 0.942. The van der Waals surface area contributed by atoms with Crippen molar-refractivity contribution in [2.75, 3.05) is 0 Å². The molecule has 0 amide bonds. The second-order valence-electron chi connectivity index (χ2n) is 2.55. The summed E-state index contributed by atoms with van der Waals surface area (Å²) in [5.74, 6) is -11.9. The van der Waals surface area contributed by atoms with Gasteiger partial charge in [-0.05, 0) is 0 Å². The molecule has 1 aromatic carbocycles. The molecule has 94 valence electrons. The first kappa shape index (κ1) is 11.8. The molecule has 0 bridgehead atoms. The van der Waals surface area contributed by atoms with E-state index in [9.17, 15) is 35.3 Å². The molecule has 0 aliphatic rings. The summed E-state index contributed by atoms with van der Waals surface area (Å²) in [5, 5.41) is 0.